The highest BCUT2D eigenvalue weighted by atomic mass is 35.5. The minimum Gasteiger partial charge on any atom is -0.365 e. The number of amides is 1. The van der Waals surface area contributed by atoms with Crippen molar-refractivity contribution in [2.45, 2.75) is 26.3 Å². The Morgan fingerprint density at radius 3 is 2.34 bits per heavy atom. The number of allylic oxidation sites excluding steroid dienone is 1. The number of hydrogen-bond acceptors (Lipinski definition) is 4. The van der Waals surface area contributed by atoms with Crippen LogP contribution in [0.4, 0.5) is 17.1 Å². The van der Waals surface area contributed by atoms with Crippen LogP contribution in [0.1, 0.15) is 31.9 Å². The minimum absolute atomic E-state index is 0.101. The average molecular weight is 500 g/mol. The highest BCUT2D eigenvalue weighted by molar-refractivity contribution is 8.19. The molecule has 0 unspecified atom stereocenters. The molecule has 0 radical (unpaired) electrons. The van der Waals surface area contributed by atoms with E-state index in [-0.39, 0.29) is 11.4 Å². The molecule has 0 aliphatic carbocycles. The molecular formula is C29H26ClN3OS. The maximum absolute atomic E-state index is 13.6. The lowest BCUT2D eigenvalue weighted by Gasteiger charge is -2.40. The van der Waals surface area contributed by atoms with Crippen molar-refractivity contribution in [1.82, 2.24) is 0 Å². The molecule has 6 heteroatoms. The van der Waals surface area contributed by atoms with Gasteiger partial charge in [0.1, 0.15) is 0 Å². The van der Waals surface area contributed by atoms with Crippen LogP contribution in [0.2, 0.25) is 5.02 Å². The first-order valence-corrected chi connectivity index (χ1v) is 12.6. The second-order valence-electron chi connectivity index (χ2n) is 9.25. The maximum atomic E-state index is 13.6. The van der Waals surface area contributed by atoms with Gasteiger partial charge in [-0.25, -0.2) is 4.99 Å². The molecule has 1 fully saturated rings. The molecule has 0 saturated carbocycles. The van der Waals surface area contributed by atoms with Crippen molar-refractivity contribution < 1.29 is 4.79 Å². The van der Waals surface area contributed by atoms with Gasteiger partial charge in [0.05, 0.1) is 21.8 Å². The lowest BCUT2D eigenvalue weighted by atomic mass is 9.88. The molecule has 176 valence electrons. The second-order valence-corrected chi connectivity index (χ2v) is 10.7. The number of carbonyl (C=O) groups is 1. The summed E-state index contributed by atoms with van der Waals surface area (Å²) >= 11 is 8.12. The number of aliphatic imine (C=N–C) groups is 1. The molecular weight excluding hydrogens is 474 g/mol. The fourth-order valence-corrected chi connectivity index (χ4v) is 5.61. The van der Waals surface area contributed by atoms with Gasteiger partial charge in [-0.05, 0) is 86.1 Å². The predicted molar refractivity (Wildman–Crippen MR) is 151 cm³/mol. The molecule has 1 amide bonds. The number of halogens is 1. The molecule has 2 aliphatic rings. The monoisotopic (exact) mass is 499 g/mol. The molecule has 35 heavy (non-hydrogen) atoms. The third kappa shape index (κ3) is 4.42. The number of likely N-dealkylation sites (N-methyl/N-ethyl adjacent to an activating group) is 1. The van der Waals surface area contributed by atoms with Crippen LogP contribution in [0.3, 0.4) is 0 Å². The van der Waals surface area contributed by atoms with Crippen LogP contribution in [-0.4, -0.2) is 23.7 Å². The summed E-state index contributed by atoms with van der Waals surface area (Å²) in [4.78, 5) is 22.9. The van der Waals surface area contributed by atoms with Gasteiger partial charge in [-0.2, -0.15) is 0 Å². The number of nitrogens with zero attached hydrogens (tertiary/aromatic N) is 3. The summed E-state index contributed by atoms with van der Waals surface area (Å²) in [6.07, 6.45) is 4.14. The molecule has 0 atom stereocenters. The van der Waals surface area contributed by atoms with Crippen molar-refractivity contribution in [3.05, 3.63) is 99.9 Å². The van der Waals surface area contributed by atoms with E-state index in [2.05, 4.69) is 44.9 Å². The number of amidine groups is 1. The first kappa shape index (κ1) is 23.5. The van der Waals surface area contributed by atoms with E-state index in [9.17, 15) is 4.79 Å². The third-order valence-corrected chi connectivity index (χ3v) is 7.72. The Kier molecular flexibility index (Phi) is 6.07. The van der Waals surface area contributed by atoms with Crippen LogP contribution >= 0.6 is 23.4 Å². The molecule has 2 aliphatic heterocycles. The van der Waals surface area contributed by atoms with Gasteiger partial charge < -0.3 is 4.90 Å². The lowest BCUT2D eigenvalue weighted by Crippen LogP contribution is -2.42. The van der Waals surface area contributed by atoms with E-state index in [1.807, 2.05) is 72.8 Å². The van der Waals surface area contributed by atoms with Crippen molar-refractivity contribution >= 4 is 63.1 Å². The number of benzene rings is 3. The Balaban J connectivity index is 1.58. The third-order valence-electron chi connectivity index (χ3n) is 6.42. The number of carbonyl (C=O) groups excluding carboxylic acids is 1. The van der Waals surface area contributed by atoms with E-state index in [4.69, 9.17) is 16.6 Å². The Bertz CT molecular complexity index is 1390. The zero-order chi connectivity index (χ0) is 24.7. The van der Waals surface area contributed by atoms with Crippen LogP contribution in [0.15, 0.2) is 88.8 Å². The van der Waals surface area contributed by atoms with E-state index >= 15 is 0 Å². The van der Waals surface area contributed by atoms with Crippen molar-refractivity contribution in [1.29, 1.82) is 0 Å². The fourth-order valence-electron chi connectivity index (χ4n) is 4.41. The molecule has 5 rings (SSSR count). The van der Waals surface area contributed by atoms with Gasteiger partial charge in [-0.15, -0.1) is 0 Å². The summed E-state index contributed by atoms with van der Waals surface area (Å²) in [6.45, 7) is 6.49. The van der Waals surface area contributed by atoms with E-state index in [0.29, 0.717) is 15.1 Å². The molecule has 3 aromatic rings. The SMILES string of the molecule is CC1=CC(C)(C)N(C)c2cc(Cl)c(/C=C3/SC(=Nc4ccccc4)N(c4ccccc4)C3=O)cc21. The Labute approximate surface area is 215 Å². The first-order chi connectivity index (χ1) is 16.7. The van der Waals surface area contributed by atoms with Gasteiger partial charge >= 0.3 is 0 Å². The Morgan fingerprint density at radius 2 is 1.66 bits per heavy atom. The standard InChI is InChI=1S/C29H26ClN3OS/c1-19-18-29(2,3)32(4)25-17-24(30)20(15-23(19)25)16-26-27(34)33(22-13-9-6-10-14-22)28(35-26)31-21-11-7-5-8-12-21/h5-18H,1-4H3/b26-16+,31-28?. The van der Waals surface area contributed by atoms with Gasteiger partial charge in [0.2, 0.25) is 0 Å². The second kappa shape index (κ2) is 9.06. The largest absolute Gasteiger partial charge is 0.365 e. The fraction of sp³-hybridized carbons (Fsp3) is 0.172. The zero-order valence-corrected chi connectivity index (χ0v) is 21.7. The van der Waals surface area contributed by atoms with Crippen LogP contribution in [0.5, 0.6) is 0 Å². The number of para-hydroxylation sites is 2. The number of hydrogen-bond donors (Lipinski definition) is 0. The topological polar surface area (TPSA) is 35.9 Å². The van der Waals surface area contributed by atoms with Gasteiger partial charge in [0.15, 0.2) is 5.17 Å². The van der Waals surface area contributed by atoms with Crippen LogP contribution in [0.25, 0.3) is 11.6 Å². The van der Waals surface area contributed by atoms with Crippen molar-refractivity contribution in [2.75, 3.05) is 16.8 Å². The van der Waals surface area contributed by atoms with E-state index in [1.165, 1.54) is 17.3 Å². The predicted octanol–water partition coefficient (Wildman–Crippen LogP) is 7.78. The lowest BCUT2D eigenvalue weighted by molar-refractivity contribution is -0.113. The Morgan fingerprint density at radius 1 is 1.00 bits per heavy atom. The quantitative estimate of drug-likeness (QED) is 0.345. The first-order valence-electron chi connectivity index (χ1n) is 11.4. The summed E-state index contributed by atoms with van der Waals surface area (Å²) in [6, 6.07) is 23.4. The molecule has 0 N–H and O–H groups in total. The average Bonchev–Trinajstić information content (AvgIpc) is 3.14. The number of fused-ring (bicyclic) bond motifs is 1. The highest BCUT2D eigenvalue weighted by Gasteiger charge is 2.35. The van der Waals surface area contributed by atoms with Gasteiger partial charge in [0.25, 0.3) is 5.91 Å². The van der Waals surface area contributed by atoms with E-state index < -0.39 is 0 Å². The molecule has 2 heterocycles. The summed E-state index contributed by atoms with van der Waals surface area (Å²) in [5.74, 6) is -0.116. The molecule has 1 saturated heterocycles. The van der Waals surface area contributed by atoms with Crippen LogP contribution < -0.4 is 9.80 Å². The number of rotatable bonds is 3. The van der Waals surface area contributed by atoms with Gasteiger partial charge in [-0.3, -0.25) is 9.69 Å². The summed E-state index contributed by atoms with van der Waals surface area (Å²) in [5, 5.41) is 1.23. The molecule has 0 spiro atoms. The van der Waals surface area contributed by atoms with Crippen molar-refractivity contribution in [2.24, 2.45) is 4.99 Å². The molecule has 4 nitrogen and oxygen atoms in total. The Hall–Kier alpha value is -3.28. The molecule has 0 bridgehead atoms. The van der Waals surface area contributed by atoms with Crippen LogP contribution in [-0.2, 0) is 4.79 Å². The van der Waals surface area contributed by atoms with Gasteiger partial charge in [0, 0.05) is 23.3 Å². The normalized spacial score (nSPS) is 19.3. The summed E-state index contributed by atoms with van der Waals surface area (Å²) < 4.78 is 0. The van der Waals surface area contributed by atoms with Crippen molar-refractivity contribution in [3.63, 3.8) is 0 Å². The smallest absolute Gasteiger partial charge is 0.271 e. The van der Waals surface area contributed by atoms with Crippen LogP contribution in [0, 0.1) is 0 Å². The zero-order valence-electron chi connectivity index (χ0n) is 20.1. The van der Waals surface area contributed by atoms with Gasteiger partial charge in [-0.1, -0.05) is 54.1 Å². The molecule has 0 aromatic heterocycles. The summed E-state index contributed by atoms with van der Waals surface area (Å²) in [5.41, 5.74) is 5.70. The summed E-state index contributed by atoms with van der Waals surface area (Å²) in [7, 11) is 2.08. The van der Waals surface area contributed by atoms with Crippen molar-refractivity contribution in [3.8, 4) is 0 Å². The van der Waals surface area contributed by atoms with E-state index in [0.717, 1.165) is 28.2 Å². The minimum atomic E-state index is -0.116. The number of thioether (sulfide) groups is 1. The maximum Gasteiger partial charge on any atom is 0.271 e. The number of anilines is 2. The molecule has 3 aromatic carbocycles. The van der Waals surface area contributed by atoms with E-state index in [1.54, 1.807) is 4.90 Å². The highest BCUT2D eigenvalue weighted by Crippen LogP contribution is 2.43.